The Morgan fingerprint density at radius 2 is 2.20 bits per heavy atom. The van der Waals surface area contributed by atoms with E-state index in [0.717, 1.165) is 30.0 Å². The molecular weight excluding hydrogens is 258 g/mol. The summed E-state index contributed by atoms with van der Waals surface area (Å²) in [6.07, 6.45) is 1.22. The predicted molar refractivity (Wildman–Crippen MR) is 75.0 cm³/mol. The molecule has 1 heterocycles. The van der Waals surface area contributed by atoms with Crippen LogP contribution in [-0.4, -0.2) is 32.3 Å². The van der Waals surface area contributed by atoms with Gasteiger partial charge >= 0.3 is 5.97 Å². The Labute approximate surface area is 119 Å². The van der Waals surface area contributed by atoms with Crippen molar-refractivity contribution in [1.29, 1.82) is 0 Å². The molecule has 0 aromatic heterocycles. The van der Waals surface area contributed by atoms with E-state index in [1.165, 1.54) is 0 Å². The van der Waals surface area contributed by atoms with Crippen LogP contribution in [0.5, 0.6) is 11.5 Å². The minimum Gasteiger partial charge on any atom is -0.486 e. The number of esters is 1. The first-order valence-electron chi connectivity index (χ1n) is 7.05. The molecule has 5 heteroatoms. The largest absolute Gasteiger partial charge is 0.486 e. The van der Waals surface area contributed by atoms with E-state index in [1.807, 2.05) is 25.1 Å². The van der Waals surface area contributed by atoms with Gasteiger partial charge in [0.2, 0.25) is 0 Å². The average molecular weight is 279 g/mol. The Hall–Kier alpha value is -1.75. The van der Waals surface area contributed by atoms with E-state index >= 15 is 0 Å². The van der Waals surface area contributed by atoms with Gasteiger partial charge in [-0.1, -0.05) is 12.1 Å². The highest BCUT2D eigenvalue weighted by Crippen LogP contribution is 2.33. The maximum absolute atomic E-state index is 11.2. The van der Waals surface area contributed by atoms with E-state index in [4.69, 9.17) is 14.2 Å². The fourth-order valence-corrected chi connectivity index (χ4v) is 2.09. The summed E-state index contributed by atoms with van der Waals surface area (Å²) in [6.45, 7) is 4.92. The summed E-state index contributed by atoms with van der Waals surface area (Å²) in [5.41, 5.74) is 1.08. The summed E-state index contributed by atoms with van der Waals surface area (Å²) in [4.78, 5) is 11.2. The molecule has 0 bridgehead atoms. The van der Waals surface area contributed by atoms with Gasteiger partial charge in [0.1, 0.15) is 13.2 Å². The Kier molecular flexibility index (Phi) is 5.68. The zero-order valence-corrected chi connectivity index (χ0v) is 11.8. The van der Waals surface area contributed by atoms with E-state index in [1.54, 1.807) is 0 Å². The molecule has 20 heavy (non-hydrogen) atoms. The van der Waals surface area contributed by atoms with E-state index in [0.29, 0.717) is 32.8 Å². The highest BCUT2D eigenvalue weighted by Gasteiger charge is 2.14. The van der Waals surface area contributed by atoms with Gasteiger partial charge in [-0.25, -0.2) is 0 Å². The number of hydrogen-bond donors (Lipinski definition) is 1. The Morgan fingerprint density at radius 3 is 3.05 bits per heavy atom. The number of carbonyl (C=O) groups excluding carboxylic acids is 1. The van der Waals surface area contributed by atoms with Crippen LogP contribution in [0.25, 0.3) is 0 Å². The highest BCUT2D eigenvalue weighted by atomic mass is 16.6. The molecule has 1 aliphatic heterocycles. The fourth-order valence-electron chi connectivity index (χ4n) is 2.09. The molecule has 0 unspecified atom stereocenters. The molecule has 5 nitrogen and oxygen atoms in total. The SMILES string of the molecule is CCOC(=O)CCCNCc1cccc2c1OCCO2. The lowest BCUT2D eigenvalue weighted by molar-refractivity contribution is -0.143. The summed E-state index contributed by atoms with van der Waals surface area (Å²) < 4.78 is 16.1. The van der Waals surface area contributed by atoms with Gasteiger partial charge in [0.15, 0.2) is 11.5 Å². The van der Waals surface area contributed by atoms with Crippen molar-refractivity contribution < 1.29 is 19.0 Å². The van der Waals surface area contributed by atoms with Crippen LogP contribution in [0.1, 0.15) is 25.3 Å². The van der Waals surface area contributed by atoms with Crippen LogP contribution >= 0.6 is 0 Å². The zero-order valence-electron chi connectivity index (χ0n) is 11.8. The van der Waals surface area contributed by atoms with Gasteiger partial charge in [-0.2, -0.15) is 0 Å². The smallest absolute Gasteiger partial charge is 0.305 e. The normalized spacial score (nSPS) is 13.1. The lowest BCUT2D eigenvalue weighted by atomic mass is 10.1. The van der Waals surface area contributed by atoms with Crippen LogP contribution in [0.15, 0.2) is 18.2 Å². The molecule has 0 fully saturated rings. The third kappa shape index (κ3) is 4.13. The van der Waals surface area contributed by atoms with Crippen molar-refractivity contribution >= 4 is 5.97 Å². The standard InChI is InChI=1S/C15H21NO4/c1-2-18-14(17)7-4-8-16-11-12-5-3-6-13-15(12)20-10-9-19-13/h3,5-6,16H,2,4,7-11H2,1H3. The number of fused-ring (bicyclic) bond motifs is 1. The second-order valence-electron chi connectivity index (χ2n) is 4.53. The number of rotatable bonds is 7. The van der Waals surface area contributed by atoms with Crippen LogP contribution < -0.4 is 14.8 Å². The summed E-state index contributed by atoms with van der Waals surface area (Å²) in [7, 11) is 0. The molecule has 0 saturated heterocycles. The number of para-hydroxylation sites is 1. The van der Waals surface area contributed by atoms with Crippen LogP contribution in [-0.2, 0) is 16.1 Å². The molecule has 1 N–H and O–H groups in total. The first-order chi connectivity index (χ1) is 9.81. The maximum Gasteiger partial charge on any atom is 0.305 e. The molecule has 0 atom stereocenters. The second-order valence-corrected chi connectivity index (χ2v) is 4.53. The Balaban J connectivity index is 1.73. The molecule has 0 saturated carbocycles. The molecule has 1 aromatic carbocycles. The van der Waals surface area contributed by atoms with E-state index in [2.05, 4.69) is 5.32 Å². The quantitative estimate of drug-likeness (QED) is 0.610. The molecule has 0 amide bonds. The molecule has 0 spiro atoms. The first kappa shape index (κ1) is 14.7. The molecule has 1 aromatic rings. The number of ether oxygens (including phenoxy) is 3. The van der Waals surface area contributed by atoms with Crippen molar-refractivity contribution in [3.05, 3.63) is 23.8 Å². The Bertz CT molecular complexity index is 447. The average Bonchev–Trinajstić information content (AvgIpc) is 2.47. The summed E-state index contributed by atoms with van der Waals surface area (Å²) in [5, 5.41) is 3.31. The summed E-state index contributed by atoms with van der Waals surface area (Å²) in [6, 6.07) is 5.90. The lowest BCUT2D eigenvalue weighted by Crippen LogP contribution is -2.20. The van der Waals surface area contributed by atoms with Crippen LogP contribution in [0.4, 0.5) is 0 Å². The zero-order chi connectivity index (χ0) is 14.2. The van der Waals surface area contributed by atoms with E-state index in [-0.39, 0.29) is 5.97 Å². The van der Waals surface area contributed by atoms with Gasteiger partial charge in [0.25, 0.3) is 0 Å². The maximum atomic E-state index is 11.2. The lowest BCUT2D eigenvalue weighted by Gasteiger charge is -2.21. The van der Waals surface area contributed by atoms with Gasteiger partial charge in [-0.3, -0.25) is 4.79 Å². The van der Waals surface area contributed by atoms with E-state index < -0.39 is 0 Å². The predicted octanol–water partition coefficient (Wildman–Crippen LogP) is 1.89. The van der Waals surface area contributed by atoms with Gasteiger partial charge in [-0.15, -0.1) is 0 Å². The minimum absolute atomic E-state index is 0.136. The highest BCUT2D eigenvalue weighted by molar-refractivity contribution is 5.69. The number of carbonyl (C=O) groups is 1. The summed E-state index contributed by atoms with van der Waals surface area (Å²) in [5.74, 6) is 1.50. The van der Waals surface area contributed by atoms with Gasteiger partial charge in [0, 0.05) is 18.5 Å². The first-order valence-corrected chi connectivity index (χ1v) is 7.05. The van der Waals surface area contributed by atoms with Crippen molar-refractivity contribution in [2.24, 2.45) is 0 Å². The second kappa shape index (κ2) is 7.75. The third-order valence-electron chi connectivity index (χ3n) is 3.00. The molecule has 0 radical (unpaired) electrons. The van der Waals surface area contributed by atoms with Crippen LogP contribution in [0.2, 0.25) is 0 Å². The van der Waals surface area contributed by atoms with Crippen LogP contribution in [0, 0.1) is 0 Å². The van der Waals surface area contributed by atoms with Gasteiger partial charge in [-0.05, 0) is 26.0 Å². The third-order valence-corrected chi connectivity index (χ3v) is 3.00. The molecule has 110 valence electrons. The van der Waals surface area contributed by atoms with E-state index in [9.17, 15) is 4.79 Å². The van der Waals surface area contributed by atoms with Crippen molar-refractivity contribution in [2.75, 3.05) is 26.4 Å². The van der Waals surface area contributed by atoms with Crippen molar-refractivity contribution in [3.63, 3.8) is 0 Å². The summed E-state index contributed by atoms with van der Waals surface area (Å²) >= 11 is 0. The molecular formula is C15H21NO4. The van der Waals surface area contributed by atoms with Crippen LogP contribution in [0.3, 0.4) is 0 Å². The number of benzene rings is 1. The Morgan fingerprint density at radius 1 is 1.35 bits per heavy atom. The number of hydrogen-bond acceptors (Lipinski definition) is 5. The van der Waals surface area contributed by atoms with Crippen molar-refractivity contribution in [3.8, 4) is 11.5 Å². The fraction of sp³-hybridized carbons (Fsp3) is 0.533. The topological polar surface area (TPSA) is 56.8 Å². The van der Waals surface area contributed by atoms with Gasteiger partial charge < -0.3 is 19.5 Å². The van der Waals surface area contributed by atoms with Crippen molar-refractivity contribution in [2.45, 2.75) is 26.3 Å². The monoisotopic (exact) mass is 279 g/mol. The number of nitrogens with one attached hydrogen (secondary N) is 1. The van der Waals surface area contributed by atoms with Gasteiger partial charge in [0.05, 0.1) is 6.61 Å². The molecule has 0 aliphatic carbocycles. The minimum atomic E-state index is -0.136. The molecule has 1 aliphatic rings. The molecule has 2 rings (SSSR count). The van der Waals surface area contributed by atoms with Crippen molar-refractivity contribution in [1.82, 2.24) is 5.32 Å².